The molecule has 26 heavy (non-hydrogen) atoms. The van der Waals surface area contributed by atoms with E-state index in [-0.39, 0.29) is 22.5 Å². The summed E-state index contributed by atoms with van der Waals surface area (Å²) in [5, 5.41) is 14.3. The SMILES string of the molecule is COC(=O)C1=C(C)NC(C)=C([N+](=O)[O-])C1c1ccccc1C(F)(F)CF. The molecule has 9 heteroatoms. The summed E-state index contributed by atoms with van der Waals surface area (Å²) in [6.07, 6.45) is 0. The molecule has 140 valence electrons. The molecule has 0 saturated heterocycles. The second-order valence-corrected chi connectivity index (χ2v) is 5.78. The number of hydrogen-bond donors (Lipinski definition) is 1. The van der Waals surface area contributed by atoms with E-state index in [9.17, 15) is 28.1 Å². The van der Waals surface area contributed by atoms with E-state index < -0.39 is 40.7 Å². The van der Waals surface area contributed by atoms with Crippen molar-refractivity contribution < 1.29 is 27.6 Å². The number of esters is 1. The number of nitrogens with one attached hydrogen (secondary N) is 1. The Bertz CT molecular complexity index is 818. The van der Waals surface area contributed by atoms with Crippen LogP contribution in [0.25, 0.3) is 0 Å². The van der Waals surface area contributed by atoms with Crippen molar-refractivity contribution in [1.29, 1.82) is 0 Å². The van der Waals surface area contributed by atoms with Crippen molar-refractivity contribution in [2.75, 3.05) is 13.8 Å². The van der Waals surface area contributed by atoms with Gasteiger partial charge < -0.3 is 10.1 Å². The molecule has 1 aromatic rings. The topological polar surface area (TPSA) is 81.5 Å². The maximum Gasteiger partial charge on any atom is 0.336 e. The minimum absolute atomic E-state index is 0.100. The van der Waals surface area contributed by atoms with Crippen molar-refractivity contribution in [1.82, 2.24) is 5.32 Å². The average molecular weight is 370 g/mol. The van der Waals surface area contributed by atoms with Gasteiger partial charge in [0.05, 0.1) is 23.3 Å². The van der Waals surface area contributed by atoms with Crippen LogP contribution >= 0.6 is 0 Å². The lowest BCUT2D eigenvalue weighted by Crippen LogP contribution is -2.32. The number of hydrogen-bond acceptors (Lipinski definition) is 5. The van der Waals surface area contributed by atoms with Crippen molar-refractivity contribution >= 4 is 5.97 Å². The summed E-state index contributed by atoms with van der Waals surface area (Å²) in [4.78, 5) is 23.1. The van der Waals surface area contributed by atoms with Gasteiger partial charge in [0.25, 0.3) is 5.70 Å². The number of ether oxygens (including phenoxy) is 1. The summed E-state index contributed by atoms with van der Waals surface area (Å²) < 4.78 is 45.9. The summed E-state index contributed by atoms with van der Waals surface area (Å²) in [6, 6.07) is 4.89. The Labute approximate surface area is 147 Å². The van der Waals surface area contributed by atoms with E-state index in [0.717, 1.165) is 13.2 Å². The number of carbonyl (C=O) groups is 1. The highest BCUT2D eigenvalue weighted by atomic mass is 19.3. The number of benzene rings is 1. The van der Waals surface area contributed by atoms with E-state index in [2.05, 4.69) is 10.1 Å². The second-order valence-electron chi connectivity index (χ2n) is 5.78. The van der Waals surface area contributed by atoms with Crippen LogP contribution in [0, 0.1) is 10.1 Å². The highest BCUT2D eigenvalue weighted by molar-refractivity contribution is 5.92. The number of rotatable bonds is 5. The van der Waals surface area contributed by atoms with Crippen LogP contribution in [0.4, 0.5) is 13.2 Å². The van der Waals surface area contributed by atoms with Gasteiger partial charge in [0, 0.05) is 11.3 Å². The molecule has 1 atom stereocenters. The summed E-state index contributed by atoms with van der Waals surface area (Å²) in [5.41, 5.74) is -1.24. The lowest BCUT2D eigenvalue weighted by Gasteiger charge is -2.28. The van der Waals surface area contributed by atoms with Crippen LogP contribution in [0.1, 0.15) is 30.9 Å². The molecule has 1 aliphatic heterocycles. The Hall–Kier alpha value is -2.84. The lowest BCUT2D eigenvalue weighted by atomic mass is 9.81. The fraction of sp³-hybridized carbons (Fsp3) is 0.353. The third-order valence-electron chi connectivity index (χ3n) is 4.16. The van der Waals surface area contributed by atoms with Crippen molar-refractivity contribution in [2.24, 2.45) is 0 Å². The minimum atomic E-state index is -3.85. The van der Waals surface area contributed by atoms with Crippen molar-refractivity contribution in [2.45, 2.75) is 25.7 Å². The molecule has 0 amide bonds. The highest BCUT2D eigenvalue weighted by Crippen LogP contribution is 2.43. The lowest BCUT2D eigenvalue weighted by molar-refractivity contribution is -0.431. The third-order valence-corrected chi connectivity index (χ3v) is 4.16. The van der Waals surface area contributed by atoms with Gasteiger partial charge in [-0.15, -0.1) is 0 Å². The normalized spacial score (nSPS) is 17.8. The number of nitro groups is 1. The quantitative estimate of drug-likeness (QED) is 0.488. The minimum Gasteiger partial charge on any atom is -0.466 e. The number of methoxy groups -OCH3 is 1. The summed E-state index contributed by atoms with van der Waals surface area (Å²) >= 11 is 0. The van der Waals surface area contributed by atoms with Crippen molar-refractivity contribution in [3.63, 3.8) is 0 Å². The molecule has 0 fully saturated rings. The van der Waals surface area contributed by atoms with Gasteiger partial charge >= 0.3 is 11.9 Å². The predicted molar refractivity (Wildman–Crippen MR) is 86.6 cm³/mol. The van der Waals surface area contributed by atoms with Crippen molar-refractivity contribution in [3.05, 3.63) is 68.2 Å². The maximum absolute atomic E-state index is 14.1. The largest absolute Gasteiger partial charge is 0.466 e. The molecule has 0 bridgehead atoms. The highest BCUT2D eigenvalue weighted by Gasteiger charge is 2.45. The fourth-order valence-corrected chi connectivity index (χ4v) is 3.06. The Balaban J connectivity index is 2.82. The monoisotopic (exact) mass is 370 g/mol. The van der Waals surface area contributed by atoms with Crippen LogP contribution in [-0.2, 0) is 15.5 Å². The number of allylic oxidation sites excluding steroid dienone is 3. The zero-order valence-corrected chi connectivity index (χ0v) is 14.3. The Morgan fingerprint density at radius 2 is 1.92 bits per heavy atom. The molecule has 1 N–H and O–H groups in total. The summed E-state index contributed by atoms with van der Waals surface area (Å²) in [5.74, 6) is -6.18. The first kappa shape index (κ1) is 19.5. The van der Waals surface area contributed by atoms with E-state index >= 15 is 0 Å². The molecule has 2 rings (SSSR count). The smallest absolute Gasteiger partial charge is 0.336 e. The molecule has 6 nitrogen and oxygen atoms in total. The van der Waals surface area contributed by atoms with E-state index in [0.29, 0.717) is 0 Å². The predicted octanol–water partition coefficient (Wildman–Crippen LogP) is 3.39. The fourth-order valence-electron chi connectivity index (χ4n) is 3.06. The van der Waals surface area contributed by atoms with Crippen LogP contribution in [0.5, 0.6) is 0 Å². The van der Waals surface area contributed by atoms with Gasteiger partial charge in [-0.1, -0.05) is 24.3 Å². The zero-order valence-electron chi connectivity index (χ0n) is 14.3. The van der Waals surface area contributed by atoms with Gasteiger partial charge in [0.2, 0.25) is 0 Å². The first-order valence-corrected chi connectivity index (χ1v) is 7.60. The molecular formula is C17H17F3N2O4. The van der Waals surface area contributed by atoms with Gasteiger partial charge in [-0.25, -0.2) is 9.18 Å². The van der Waals surface area contributed by atoms with Gasteiger partial charge in [-0.3, -0.25) is 10.1 Å². The summed E-state index contributed by atoms with van der Waals surface area (Å²) in [6.45, 7) is 0.912. The number of halogens is 3. The molecule has 1 heterocycles. The van der Waals surface area contributed by atoms with Crippen LogP contribution in [0.15, 0.2) is 46.9 Å². The van der Waals surface area contributed by atoms with Gasteiger partial charge in [-0.2, -0.15) is 8.78 Å². The third kappa shape index (κ3) is 3.29. The Morgan fingerprint density at radius 1 is 1.31 bits per heavy atom. The molecule has 0 aromatic heterocycles. The molecule has 1 aromatic carbocycles. The molecule has 0 spiro atoms. The van der Waals surface area contributed by atoms with E-state index in [1.54, 1.807) is 0 Å². The van der Waals surface area contributed by atoms with Crippen LogP contribution in [0.3, 0.4) is 0 Å². The maximum atomic E-state index is 14.1. The number of dihydropyridines is 1. The molecule has 0 radical (unpaired) electrons. The van der Waals surface area contributed by atoms with Gasteiger partial charge in [0.1, 0.15) is 5.92 Å². The van der Waals surface area contributed by atoms with Gasteiger partial charge in [0.15, 0.2) is 6.67 Å². The Kier molecular flexibility index (Phi) is 5.38. The number of nitrogens with zero attached hydrogens (tertiary/aromatic N) is 1. The molecule has 0 saturated carbocycles. The van der Waals surface area contributed by atoms with E-state index in [1.165, 1.54) is 32.0 Å². The van der Waals surface area contributed by atoms with Crippen LogP contribution in [0.2, 0.25) is 0 Å². The van der Waals surface area contributed by atoms with E-state index in [4.69, 9.17) is 0 Å². The average Bonchev–Trinajstić information content (AvgIpc) is 2.60. The van der Waals surface area contributed by atoms with E-state index in [1.807, 2.05) is 0 Å². The first-order valence-electron chi connectivity index (χ1n) is 7.60. The first-order chi connectivity index (χ1) is 12.2. The molecule has 0 aliphatic carbocycles. The number of carbonyl (C=O) groups excluding carboxylic acids is 1. The second kappa shape index (κ2) is 7.19. The van der Waals surface area contributed by atoms with Crippen LogP contribution in [-0.4, -0.2) is 24.7 Å². The van der Waals surface area contributed by atoms with Gasteiger partial charge in [-0.05, 0) is 19.4 Å². The Morgan fingerprint density at radius 3 is 2.46 bits per heavy atom. The molecule has 1 aliphatic rings. The summed E-state index contributed by atoms with van der Waals surface area (Å²) in [7, 11) is 1.08. The standard InChI is InChI=1S/C17H17F3N2O4/c1-9-13(16(23)26-3)14(15(22(24)25)10(2)21-9)11-6-4-5-7-12(11)17(19,20)8-18/h4-7,14,21H,8H2,1-3H3. The molecular weight excluding hydrogens is 353 g/mol. The molecule has 1 unspecified atom stereocenters. The van der Waals surface area contributed by atoms with Crippen LogP contribution < -0.4 is 5.32 Å². The number of alkyl halides is 3. The zero-order chi connectivity index (χ0) is 19.6. The van der Waals surface area contributed by atoms with Crippen molar-refractivity contribution in [3.8, 4) is 0 Å².